The van der Waals surface area contributed by atoms with Gasteiger partial charge in [0.25, 0.3) is 0 Å². The number of thiocarbonyl (C=S) groups is 1. The second kappa shape index (κ2) is 7.29. The highest BCUT2D eigenvalue weighted by Crippen LogP contribution is 2.22. The summed E-state index contributed by atoms with van der Waals surface area (Å²) >= 11 is 11.4. The van der Waals surface area contributed by atoms with Gasteiger partial charge in [-0.05, 0) is 54.5 Å². The minimum atomic E-state index is 0.538. The summed E-state index contributed by atoms with van der Waals surface area (Å²) in [7, 11) is 1.65. The standard InChI is InChI=1S/C16H17ClN2OS/c1-11-3-8-15(14(17)9-11)19-16(21)18-10-12-4-6-13(20-2)7-5-12/h3-9H,10H2,1-2H3,(H2,18,19,21). The van der Waals surface area contributed by atoms with E-state index in [9.17, 15) is 0 Å². The second-order valence-electron chi connectivity index (χ2n) is 4.64. The molecular weight excluding hydrogens is 304 g/mol. The number of hydrogen-bond donors (Lipinski definition) is 2. The molecule has 2 rings (SSSR count). The molecule has 0 aliphatic heterocycles. The third kappa shape index (κ3) is 4.62. The Labute approximate surface area is 135 Å². The van der Waals surface area contributed by atoms with Crippen molar-refractivity contribution in [1.82, 2.24) is 5.32 Å². The van der Waals surface area contributed by atoms with E-state index in [2.05, 4.69) is 10.6 Å². The molecule has 0 spiro atoms. The van der Waals surface area contributed by atoms with E-state index in [-0.39, 0.29) is 0 Å². The van der Waals surface area contributed by atoms with Gasteiger partial charge in [0.15, 0.2) is 5.11 Å². The molecule has 0 unspecified atom stereocenters. The number of aryl methyl sites for hydroxylation is 1. The Morgan fingerprint density at radius 1 is 1.19 bits per heavy atom. The summed E-state index contributed by atoms with van der Waals surface area (Å²) < 4.78 is 5.12. The van der Waals surface area contributed by atoms with Crippen LogP contribution in [0.4, 0.5) is 5.69 Å². The number of methoxy groups -OCH3 is 1. The van der Waals surface area contributed by atoms with Crippen molar-refractivity contribution in [2.24, 2.45) is 0 Å². The topological polar surface area (TPSA) is 33.3 Å². The summed E-state index contributed by atoms with van der Waals surface area (Å²) in [4.78, 5) is 0. The van der Waals surface area contributed by atoms with Crippen LogP contribution >= 0.6 is 23.8 Å². The fraction of sp³-hybridized carbons (Fsp3) is 0.188. The van der Waals surface area contributed by atoms with Gasteiger partial charge >= 0.3 is 0 Å². The molecule has 21 heavy (non-hydrogen) atoms. The Kier molecular flexibility index (Phi) is 5.42. The first-order valence-electron chi connectivity index (χ1n) is 6.52. The zero-order chi connectivity index (χ0) is 15.2. The average Bonchev–Trinajstić information content (AvgIpc) is 2.48. The minimum Gasteiger partial charge on any atom is -0.497 e. The molecule has 0 fully saturated rings. The molecule has 0 amide bonds. The van der Waals surface area contributed by atoms with E-state index in [1.54, 1.807) is 7.11 Å². The number of nitrogens with one attached hydrogen (secondary N) is 2. The lowest BCUT2D eigenvalue weighted by Crippen LogP contribution is -2.27. The van der Waals surface area contributed by atoms with Crippen molar-refractivity contribution in [3.63, 3.8) is 0 Å². The molecule has 110 valence electrons. The SMILES string of the molecule is COc1ccc(CNC(=S)Nc2ccc(C)cc2Cl)cc1. The lowest BCUT2D eigenvalue weighted by Gasteiger charge is -2.12. The molecule has 0 heterocycles. The van der Waals surface area contributed by atoms with Gasteiger partial charge in [-0.25, -0.2) is 0 Å². The molecule has 0 bridgehead atoms. The molecule has 0 atom stereocenters. The summed E-state index contributed by atoms with van der Waals surface area (Å²) in [5.41, 5.74) is 3.03. The first-order chi connectivity index (χ1) is 10.1. The minimum absolute atomic E-state index is 0.538. The van der Waals surface area contributed by atoms with Gasteiger partial charge in [0, 0.05) is 6.54 Å². The van der Waals surface area contributed by atoms with E-state index in [1.807, 2.05) is 49.4 Å². The fourth-order valence-corrected chi connectivity index (χ4v) is 2.28. The number of ether oxygens (including phenoxy) is 1. The Balaban J connectivity index is 1.89. The van der Waals surface area contributed by atoms with Crippen LogP contribution in [0.5, 0.6) is 5.75 Å². The summed E-state index contributed by atoms with van der Waals surface area (Å²) in [5, 5.41) is 7.44. The maximum Gasteiger partial charge on any atom is 0.171 e. The van der Waals surface area contributed by atoms with E-state index in [1.165, 1.54) is 0 Å². The van der Waals surface area contributed by atoms with Gasteiger partial charge < -0.3 is 15.4 Å². The third-order valence-electron chi connectivity index (χ3n) is 2.98. The molecule has 5 heteroatoms. The lowest BCUT2D eigenvalue weighted by atomic mass is 10.2. The number of hydrogen-bond acceptors (Lipinski definition) is 2. The summed E-state index contributed by atoms with van der Waals surface area (Å²) in [5.74, 6) is 0.839. The van der Waals surface area contributed by atoms with Crippen LogP contribution in [0.15, 0.2) is 42.5 Å². The molecule has 2 aromatic rings. The maximum atomic E-state index is 6.16. The van der Waals surface area contributed by atoms with Crippen LogP contribution in [-0.4, -0.2) is 12.2 Å². The number of rotatable bonds is 4. The van der Waals surface area contributed by atoms with Crippen molar-refractivity contribution in [1.29, 1.82) is 0 Å². The average molecular weight is 321 g/mol. The van der Waals surface area contributed by atoms with Gasteiger partial charge in [-0.15, -0.1) is 0 Å². The normalized spacial score (nSPS) is 10.0. The van der Waals surface area contributed by atoms with Crippen LogP contribution in [0.1, 0.15) is 11.1 Å². The van der Waals surface area contributed by atoms with Gasteiger partial charge in [-0.2, -0.15) is 0 Å². The molecule has 0 saturated heterocycles. The predicted molar refractivity (Wildman–Crippen MR) is 92.2 cm³/mol. The molecular formula is C16H17ClN2OS. The van der Waals surface area contributed by atoms with Gasteiger partial charge in [0.1, 0.15) is 5.75 Å². The highest BCUT2D eigenvalue weighted by Gasteiger charge is 2.03. The first kappa shape index (κ1) is 15.6. The van der Waals surface area contributed by atoms with E-state index >= 15 is 0 Å². The van der Waals surface area contributed by atoms with Crippen molar-refractivity contribution in [3.05, 3.63) is 58.6 Å². The molecule has 0 saturated carbocycles. The Morgan fingerprint density at radius 3 is 2.52 bits per heavy atom. The summed E-state index contributed by atoms with van der Waals surface area (Å²) in [6, 6.07) is 13.6. The zero-order valence-corrected chi connectivity index (χ0v) is 13.5. The van der Waals surface area contributed by atoms with E-state index < -0.39 is 0 Å². The molecule has 2 aromatic carbocycles. The van der Waals surface area contributed by atoms with Crippen LogP contribution in [0.3, 0.4) is 0 Å². The van der Waals surface area contributed by atoms with Crippen molar-refractivity contribution in [2.45, 2.75) is 13.5 Å². The van der Waals surface area contributed by atoms with Crippen molar-refractivity contribution in [2.75, 3.05) is 12.4 Å². The van der Waals surface area contributed by atoms with E-state index in [4.69, 9.17) is 28.6 Å². The molecule has 0 aromatic heterocycles. The van der Waals surface area contributed by atoms with Crippen LogP contribution in [0.2, 0.25) is 5.02 Å². The van der Waals surface area contributed by atoms with Gasteiger partial charge in [-0.1, -0.05) is 29.8 Å². The molecule has 2 N–H and O–H groups in total. The summed E-state index contributed by atoms with van der Waals surface area (Å²) in [6.07, 6.45) is 0. The molecule has 0 aliphatic rings. The van der Waals surface area contributed by atoms with Crippen LogP contribution < -0.4 is 15.4 Å². The van der Waals surface area contributed by atoms with Crippen molar-refractivity contribution < 1.29 is 4.74 Å². The second-order valence-corrected chi connectivity index (χ2v) is 5.45. The number of halogens is 1. The van der Waals surface area contributed by atoms with Gasteiger partial charge in [0.05, 0.1) is 17.8 Å². The van der Waals surface area contributed by atoms with Crippen molar-refractivity contribution in [3.8, 4) is 5.75 Å². The Bertz CT molecular complexity index is 629. The largest absolute Gasteiger partial charge is 0.497 e. The first-order valence-corrected chi connectivity index (χ1v) is 7.31. The lowest BCUT2D eigenvalue weighted by molar-refractivity contribution is 0.414. The smallest absolute Gasteiger partial charge is 0.171 e. The van der Waals surface area contributed by atoms with Gasteiger partial charge in [0.2, 0.25) is 0 Å². The molecule has 0 radical (unpaired) electrons. The maximum absolute atomic E-state index is 6.16. The molecule has 0 aliphatic carbocycles. The molecule has 3 nitrogen and oxygen atoms in total. The van der Waals surface area contributed by atoms with E-state index in [0.29, 0.717) is 16.7 Å². The van der Waals surface area contributed by atoms with Crippen LogP contribution in [-0.2, 0) is 6.54 Å². The number of benzene rings is 2. The monoisotopic (exact) mass is 320 g/mol. The summed E-state index contributed by atoms with van der Waals surface area (Å²) in [6.45, 7) is 2.63. The third-order valence-corrected chi connectivity index (χ3v) is 3.54. The Morgan fingerprint density at radius 2 is 1.90 bits per heavy atom. The van der Waals surface area contributed by atoms with Crippen LogP contribution in [0, 0.1) is 6.92 Å². The van der Waals surface area contributed by atoms with Crippen LogP contribution in [0.25, 0.3) is 0 Å². The highest BCUT2D eigenvalue weighted by molar-refractivity contribution is 7.80. The zero-order valence-electron chi connectivity index (χ0n) is 11.9. The van der Waals surface area contributed by atoms with E-state index in [0.717, 1.165) is 22.6 Å². The quantitative estimate of drug-likeness (QED) is 0.829. The fourth-order valence-electron chi connectivity index (χ4n) is 1.81. The van der Waals surface area contributed by atoms with Crippen molar-refractivity contribution >= 4 is 34.6 Å². The Hall–Kier alpha value is -1.78. The van der Waals surface area contributed by atoms with Gasteiger partial charge in [-0.3, -0.25) is 0 Å². The highest BCUT2D eigenvalue weighted by atomic mass is 35.5. The number of anilines is 1. The predicted octanol–water partition coefficient (Wildman–Crippen LogP) is 4.14.